The fraction of sp³-hybridized carbons (Fsp3) is 0.263. The van der Waals surface area contributed by atoms with E-state index in [1.165, 1.54) is 24.3 Å². The van der Waals surface area contributed by atoms with Crippen molar-refractivity contribution in [1.29, 1.82) is 0 Å². The fourth-order valence-corrected chi connectivity index (χ4v) is 3.27. The molecule has 1 N–H and O–H groups in total. The Labute approximate surface area is 153 Å². The van der Waals surface area contributed by atoms with Crippen LogP contribution in [0, 0.1) is 0 Å². The molecular formula is C19H16F3NO4. The minimum Gasteiger partial charge on any atom is -0.458 e. The van der Waals surface area contributed by atoms with E-state index >= 15 is 0 Å². The largest absolute Gasteiger partial charge is 0.458 e. The Bertz CT molecular complexity index is 883. The third kappa shape index (κ3) is 3.34. The van der Waals surface area contributed by atoms with Crippen LogP contribution in [0.3, 0.4) is 0 Å². The van der Waals surface area contributed by atoms with Crippen molar-refractivity contribution in [2.24, 2.45) is 0 Å². The maximum absolute atomic E-state index is 13.6. The zero-order valence-corrected chi connectivity index (χ0v) is 14.4. The average molecular weight is 379 g/mol. The molecule has 0 amide bonds. The number of cyclic esters (lactones) is 1. The van der Waals surface area contributed by atoms with Gasteiger partial charge in [0.05, 0.1) is 28.3 Å². The maximum atomic E-state index is 13.6. The number of benzene rings is 1. The normalized spacial score (nSPS) is 19.4. The maximum Gasteiger partial charge on any atom is 0.416 e. The van der Waals surface area contributed by atoms with Crippen molar-refractivity contribution >= 4 is 11.9 Å². The first kappa shape index (κ1) is 18.8. The van der Waals surface area contributed by atoms with E-state index in [1.807, 2.05) is 0 Å². The van der Waals surface area contributed by atoms with Gasteiger partial charge in [0.25, 0.3) is 0 Å². The Morgan fingerprint density at radius 2 is 2.11 bits per heavy atom. The van der Waals surface area contributed by atoms with E-state index in [0.29, 0.717) is 11.4 Å². The van der Waals surface area contributed by atoms with Gasteiger partial charge in [-0.15, -0.1) is 0 Å². The topological polar surface area (TPSA) is 64.6 Å². The molecule has 142 valence electrons. The van der Waals surface area contributed by atoms with Gasteiger partial charge in [0.15, 0.2) is 0 Å². The van der Waals surface area contributed by atoms with E-state index < -0.39 is 29.6 Å². The van der Waals surface area contributed by atoms with Gasteiger partial charge in [-0.2, -0.15) is 13.2 Å². The number of ether oxygens (including phenoxy) is 2. The summed E-state index contributed by atoms with van der Waals surface area (Å²) in [4.78, 5) is 24.8. The molecule has 5 nitrogen and oxygen atoms in total. The highest BCUT2D eigenvalue weighted by atomic mass is 19.4. The molecule has 1 aromatic rings. The van der Waals surface area contributed by atoms with Gasteiger partial charge >= 0.3 is 18.1 Å². The Balaban J connectivity index is 2.21. The zero-order chi connectivity index (χ0) is 19.8. The van der Waals surface area contributed by atoms with Crippen LogP contribution in [0.4, 0.5) is 13.2 Å². The Morgan fingerprint density at radius 1 is 1.41 bits per heavy atom. The summed E-state index contributed by atoms with van der Waals surface area (Å²) in [5.74, 6) is -2.83. The Hall–Kier alpha value is -3.03. The van der Waals surface area contributed by atoms with Crippen molar-refractivity contribution in [3.05, 3.63) is 70.6 Å². The number of hydrogen-bond donors (Lipinski definition) is 1. The van der Waals surface area contributed by atoms with Crippen LogP contribution in [0.1, 0.15) is 24.0 Å². The number of alkyl halides is 3. The summed E-state index contributed by atoms with van der Waals surface area (Å²) in [5, 5.41) is 2.88. The van der Waals surface area contributed by atoms with Gasteiger partial charge in [0.2, 0.25) is 0 Å². The number of rotatable bonds is 4. The minimum absolute atomic E-state index is 0.0112. The monoisotopic (exact) mass is 379 g/mol. The zero-order valence-electron chi connectivity index (χ0n) is 14.4. The van der Waals surface area contributed by atoms with Crippen LogP contribution in [0.2, 0.25) is 0 Å². The summed E-state index contributed by atoms with van der Waals surface area (Å²) in [7, 11) is 0. The van der Waals surface area contributed by atoms with E-state index in [0.717, 1.165) is 6.07 Å². The van der Waals surface area contributed by atoms with Crippen LogP contribution in [0.5, 0.6) is 0 Å². The van der Waals surface area contributed by atoms with Crippen molar-refractivity contribution in [2.75, 3.05) is 13.2 Å². The van der Waals surface area contributed by atoms with Gasteiger partial charge < -0.3 is 14.8 Å². The second-order valence-electron chi connectivity index (χ2n) is 6.04. The van der Waals surface area contributed by atoms with E-state index in [9.17, 15) is 22.8 Å². The molecule has 0 spiro atoms. The van der Waals surface area contributed by atoms with E-state index in [4.69, 9.17) is 9.47 Å². The minimum atomic E-state index is -4.66. The summed E-state index contributed by atoms with van der Waals surface area (Å²) >= 11 is 0. The molecule has 0 radical (unpaired) electrons. The van der Waals surface area contributed by atoms with Crippen LogP contribution in [-0.2, 0) is 25.2 Å². The first-order valence-corrected chi connectivity index (χ1v) is 8.07. The standard InChI is InChI=1S/C19H16F3NO4/c1-3-8-26-17(24)14-10(2)23-13-9-27-18(25)16(13)15(14)11-6-4-5-7-12(11)19(20,21)22/h3-7,15,23H,1,8-9H2,2H3. The van der Waals surface area contributed by atoms with E-state index in [1.54, 1.807) is 6.92 Å². The summed E-state index contributed by atoms with van der Waals surface area (Å²) < 4.78 is 50.8. The molecule has 1 atom stereocenters. The average Bonchev–Trinajstić information content (AvgIpc) is 2.98. The number of allylic oxidation sites excluding steroid dienone is 1. The molecule has 1 unspecified atom stereocenters. The molecule has 2 heterocycles. The van der Waals surface area contributed by atoms with Gasteiger partial charge in [-0.1, -0.05) is 30.9 Å². The molecule has 2 aliphatic heterocycles. The highest BCUT2D eigenvalue weighted by Gasteiger charge is 2.45. The van der Waals surface area contributed by atoms with Gasteiger partial charge in [0, 0.05) is 5.70 Å². The molecule has 0 aromatic heterocycles. The van der Waals surface area contributed by atoms with Crippen LogP contribution in [0.15, 0.2) is 59.5 Å². The van der Waals surface area contributed by atoms with Crippen molar-refractivity contribution in [3.8, 4) is 0 Å². The van der Waals surface area contributed by atoms with Crippen molar-refractivity contribution in [2.45, 2.75) is 19.0 Å². The van der Waals surface area contributed by atoms with E-state index in [2.05, 4.69) is 11.9 Å². The Morgan fingerprint density at radius 3 is 2.78 bits per heavy atom. The SMILES string of the molecule is C=CCOC(=O)C1=C(C)NC2=C(C(=O)OC2)C1c1ccccc1C(F)(F)F. The number of carbonyl (C=O) groups excluding carboxylic acids is 2. The van der Waals surface area contributed by atoms with Gasteiger partial charge in [-0.25, -0.2) is 9.59 Å². The second-order valence-corrected chi connectivity index (χ2v) is 6.04. The van der Waals surface area contributed by atoms with Crippen LogP contribution < -0.4 is 5.32 Å². The third-order valence-corrected chi connectivity index (χ3v) is 4.34. The molecule has 2 aliphatic rings. The summed E-state index contributed by atoms with van der Waals surface area (Å²) in [6.45, 7) is 4.78. The smallest absolute Gasteiger partial charge is 0.416 e. The molecule has 8 heteroatoms. The first-order valence-electron chi connectivity index (χ1n) is 8.07. The van der Waals surface area contributed by atoms with Gasteiger partial charge in [-0.3, -0.25) is 0 Å². The lowest BCUT2D eigenvalue weighted by Gasteiger charge is -2.29. The molecule has 3 rings (SSSR count). The number of carbonyl (C=O) groups is 2. The Kier molecular flexibility index (Phi) is 4.82. The number of dihydropyridines is 1. The molecule has 1 aromatic carbocycles. The summed E-state index contributed by atoms with van der Waals surface area (Å²) in [6.07, 6.45) is -3.31. The highest BCUT2D eigenvalue weighted by molar-refractivity contribution is 6.01. The molecule has 0 aliphatic carbocycles. The molecule has 0 bridgehead atoms. The molecule has 0 saturated carbocycles. The molecular weight excluding hydrogens is 363 g/mol. The predicted molar refractivity (Wildman–Crippen MR) is 89.2 cm³/mol. The predicted octanol–water partition coefficient (Wildman–Crippen LogP) is 3.21. The van der Waals surface area contributed by atoms with E-state index in [-0.39, 0.29) is 29.9 Å². The number of esters is 2. The lowest BCUT2D eigenvalue weighted by molar-refractivity contribution is -0.140. The molecule has 0 saturated heterocycles. The summed E-state index contributed by atoms with van der Waals surface area (Å²) in [5.41, 5.74) is -0.551. The second kappa shape index (κ2) is 6.94. The third-order valence-electron chi connectivity index (χ3n) is 4.34. The first-order chi connectivity index (χ1) is 12.8. The van der Waals surface area contributed by atoms with Crippen molar-refractivity contribution < 1.29 is 32.2 Å². The molecule has 0 fully saturated rings. The number of halogens is 3. The highest BCUT2D eigenvalue weighted by Crippen LogP contribution is 2.45. The van der Waals surface area contributed by atoms with Crippen molar-refractivity contribution in [1.82, 2.24) is 5.32 Å². The summed E-state index contributed by atoms with van der Waals surface area (Å²) in [6, 6.07) is 4.85. The van der Waals surface area contributed by atoms with Crippen LogP contribution in [0.25, 0.3) is 0 Å². The van der Waals surface area contributed by atoms with Gasteiger partial charge in [-0.05, 0) is 18.6 Å². The lowest BCUT2D eigenvalue weighted by atomic mass is 9.79. The lowest BCUT2D eigenvalue weighted by Crippen LogP contribution is -2.31. The van der Waals surface area contributed by atoms with Crippen molar-refractivity contribution in [3.63, 3.8) is 0 Å². The quantitative estimate of drug-likeness (QED) is 0.643. The fourth-order valence-electron chi connectivity index (χ4n) is 3.27. The number of hydrogen-bond acceptors (Lipinski definition) is 5. The van der Waals surface area contributed by atoms with Gasteiger partial charge in [0.1, 0.15) is 13.2 Å². The number of nitrogens with one attached hydrogen (secondary N) is 1. The van der Waals surface area contributed by atoms with Crippen LogP contribution in [-0.4, -0.2) is 25.2 Å². The molecule has 27 heavy (non-hydrogen) atoms. The van der Waals surface area contributed by atoms with Crippen LogP contribution >= 0.6 is 0 Å².